The van der Waals surface area contributed by atoms with Crippen LogP contribution >= 0.6 is 0 Å². The summed E-state index contributed by atoms with van der Waals surface area (Å²) in [6.07, 6.45) is 3.93. The van der Waals surface area contributed by atoms with Crippen molar-refractivity contribution in [2.75, 3.05) is 6.54 Å². The first-order valence-corrected chi connectivity index (χ1v) is 9.30. The topological polar surface area (TPSA) is 70.5 Å². The summed E-state index contributed by atoms with van der Waals surface area (Å²) in [5.74, 6) is -1.51. The molecular weight excluding hydrogens is 359 g/mol. The fourth-order valence-electron chi connectivity index (χ4n) is 3.43. The van der Waals surface area contributed by atoms with Crippen LogP contribution in [0.3, 0.4) is 0 Å². The molecule has 1 amide bonds. The third kappa shape index (κ3) is 4.11. The lowest BCUT2D eigenvalue weighted by Gasteiger charge is -2.26. The molecule has 1 aliphatic rings. The first-order valence-electron chi connectivity index (χ1n) is 9.30. The number of hydrogen-bond acceptors (Lipinski definition) is 4. The molecule has 6 heteroatoms. The second-order valence-corrected chi connectivity index (χ2v) is 7.35. The zero-order valence-corrected chi connectivity index (χ0v) is 15.9. The minimum atomic E-state index is -0.673. The van der Waals surface area contributed by atoms with E-state index >= 15 is 0 Å². The zero-order chi connectivity index (χ0) is 20.3. The number of aromatic nitrogens is 1. The number of rotatable bonds is 7. The van der Waals surface area contributed by atoms with Crippen LogP contribution in [-0.4, -0.2) is 33.2 Å². The number of hydrogen-bond donors (Lipinski definition) is 1. The Labute approximate surface area is 163 Å². The van der Waals surface area contributed by atoms with Crippen molar-refractivity contribution < 1.29 is 19.1 Å². The van der Waals surface area contributed by atoms with Gasteiger partial charge in [0.1, 0.15) is 5.82 Å². The van der Waals surface area contributed by atoms with E-state index in [9.17, 15) is 19.1 Å². The largest absolute Gasteiger partial charge is 0.503 e. The number of aliphatic hydroxyl groups excluding tert-OH is 1. The van der Waals surface area contributed by atoms with Gasteiger partial charge in [0.2, 0.25) is 0 Å². The highest BCUT2D eigenvalue weighted by atomic mass is 19.1. The molecule has 146 valence electrons. The van der Waals surface area contributed by atoms with Gasteiger partial charge in [0, 0.05) is 25.4 Å². The minimum Gasteiger partial charge on any atom is -0.503 e. The molecule has 1 aliphatic heterocycles. The Morgan fingerprint density at radius 3 is 2.57 bits per heavy atom. The lowest BCUT2D eigenvalue weighted by molar-refractivity contribution is -0.129. The Morgan fingerprint density at radius 2 is 1.96 bits per heavy atom. The van der Waals surface area contributed by atoms with Gasteiger partial charge >= 0.3 is 0 Å². The van der Waals surface area contributed by atoms with E-state index in [-0.39, 0.29) is 36.1 Å². The molecule has 2 aromatic rings. The maximum absolute atomic E-state index is 13.1. The Morgan fingerprint density at radius 1 is 1.25 bits per heavy atom. The first kappa shape index (κ1) is 19.7. The van der Waals surface area contributed by atoms with Crippen molar-refractivity contribution in [2.24, 2.45) is 5.92 Å². The van der Waals surface area contributed by atoms with E-state index in [1.165, 1.54) is 17.0 Å². The van der Waals surface area contributed by atoms with Gasteiger partial charge in [0.25, 0.3) is 5.91 Å². The number of ketones is 1. The molecule has 1 N–H and O–H groups in total. The van der Waals surface area contributed by atoms with Gasteiger partial charge in [-0.2, -0.15) is 0 Å². The number of Topliss-reactive ketones (excluding diaryl/α,β-unsaturated/α-hetero) is 1. The van der Waals surface area contributed by atoms with Gasteiger partial charge < -0.3 is 10.0 Å². The summed E-state index contributed by atoms with van der Waals surface area (Å²) in [5.41, 5.74) is 1.66. The molecule has 1 aromatic heterocycles. The van der Waals surface area contributed by atoms with Gasteiger partial charge in [0.15, 0.2) is 11.5 Å². The third-order valence-corrected chi connectivity index (χ3v) is 4.75. The highest BCUT2D eigenvalue weighted by molar-refractivity contribution is 6.09. The summed E-state index contributed by atoms with van der Waals surface area (Å²) >= 11 is 0. The third-order valence-electron chi connectivity index (χ3n) is 4.75. The molecule has 28 heavy (non-hydrogen) atoms. The van der Waals surface area contributed by atoms with E-state index in [0.29, 0.717) is 12.0 Å². The number of carbonyl (C=O) groups is 2. The van der Waals surface area contributed by atoms with Crippen LogP contribution < -0.4 is 0 Å². The van der Waals surface area contributed by atoms with Crippen molar-refractivity contribution in [1.82, 2.24) is 9.88 Å². The molecule has 0 bridgehead atoms. The van der Waals surface area contributed by atoms with Crippen LogP contribution in [0, 0.1) is 11.7 Å². The van der Waals surface area contributed by atoms with Crippen LogP contribution in [-0.2, 0) is 16.0 Å². The highest BCUT2D eigenvalue weighted by Gasteiger charge is 2.43. The van der Waals surface area contributed by atoms with E-state index in [1.807, 2.05) is 13.8 Å². The van der Waals surface area contributed by atoms with Crippen LogP contribution in [0.25, 0.3) is 0 Å². The fourth-order valence-corrected chi connectivity index (χ4v) is 3.43. The lowest BCUT2D eigenvalue weighted by Crippen LogP contribution is -2.33. The predicted octanol–water partition coefficient (Wildman–Crippen LogP) is 3.77. The van der Waals surface area contributed by atoms with Gasteiger partial charge in [0.05, 0.1) is 11.6 Å². The SMILES string of the molecule is CC(C)CC(=O)C1=C(O)C(=O)N(CCc2ccc(F)cc2)C1c1cccnc1. The molecule has 0 saturated carbocycles. The first-order chi connectivity index (χ1) is 13.4. The van der Waals surface area contributed by atoms with E-state index in [4.69, 9.17) is 0 Å². The molecule has 0 radical (unpaired) electrons. The number of benzene rings is 1. The monoisotopic (exact) mass is 382 g/mol. The van der Waals surface area contributed by atoms with E-state index in [2.05, 4.69) is 4.98 Å². The Hall–Kier alpha value is -3.02. The van der Waals surface area contributed by atoms with Crippen LogP contribution in [0.5, 0.6) is 0 Å². The molecule has 5 nitrogen and oxygen atoms in total. The molecule has 0 aliphatic carbocycles. The van der Waals surface area contributed by atoms with Crippen molar-refractivity contribution in [2.45, 2.75) is 32.7 Å². The standard InChI is InChI=1S/C22H23FN2O3/c1-14(2)12-18(26)19-20(16-4-3-10-24-13-16)25(22(28)21(19)27)11-9-15-5-7-17(23)8-6-15/h3-8,10,13-14,20,27H,9,11-12H2,1-2H3. The van der Waals surface area contributed by atoms with Crippen LogP contribution in [0.4, 0.5) is 4.39 Å². The van der Waals surface area contributed by atoms with Crippen molar-refractivity contribution in [3.05, 3.63) is 77.1 Å². The number of halogens is 1. The van der Waals surface area contributed by atoms with Crippen LogP contribution in [0.2, 0.25) is 0 Å². The summed E-state index contributed by atoms with van der Waals surface area (Å²) in [7, 11) is 0. The van der Waals surface area contributed by atoms with Gasteiger partial charge in [-0.3, -0.25) is 14.6 Å². The molecular formula is C22H23FN2O3. The van der Waals surface area contributed by atoms with Crippen molar-refractivity contribution in [3.63, 3.8) is 0 Å². The Bertz CT molecular complexity index is 892. The lowest BCUT2D eigenvalue weighted by atomic mass is 9.93. The number of nitrogens with zero attached hydrogens (tertiary/aromatic N) is 2. The molecule has 2 heterocycles. The number of carbonyl (C=O) groups excluding carboxylic acids is 2. The van der Waals surface area contributed by atoms with Gasteiger partial charge in [-0.15, -0.1) is 0 Å². The number of amides is 1. The van der Waals surface area contributed by atoms with Gasteiger partial charge in [-0.05, 0) is 41.7 Å². The molecule has 1 unspecified atom stereocenters. The molecule has 0 saturated heterocycles. The molecule has 1 aromatic carbocycles. The predicted molar refractivity (Wildman–Crippen MR) is 103 cm³/mol. The summed E-state index contributed by atoms with van der Waals surface area (Å²) < 4.78 is 13.1. The molecule has 0 fully saturated rings. The fraction of sp³-hybridized carbons (Fsp3) is 0.318. The van der Waals surface area contributed by atoms with Crippen molar-refractivity contribution in [1.29, 1.82) is 0 Å². The minimum absolute atomic E-state index is 0.103. The smallest absolute Gasteiger partial charge is 0.290 e. The zero-order valence-electron chi connectivity index (χ0n) is 15.9. The highest BCUT2D eigenvalue weighted by Crippen LogP contribution is 2.38. The van der Waals surface area contributed by atoms with Gasteiger partial charge in [-0.25, -0.2) is 4.39 Å². The van der Waals surface area contributed by atoms with Crippen molar-refractivity contribution in [3.8, 4) is 0 Å². The molecule has 1 atom stereocenters. The van der Waals surface area contributed by atoms with E-state index < -0.39 is 17.7 Å². The number of pyridine rings is 1. The molecule has 0 spiro atoms. The summed E-state index contributed by atoms with van der Waals surface area (Å²) in [5, 5.41) is 10.5. The van der Waals surface area contributed by atoms with Crippen LogP contribution in [0.1, 0.15) is 37.4 Å². The second kappa shape index (κ2) is 8.33. The average molecular weight is 382 g/mol. The summed E-state index contributed by atoms with van der Waals surface area (Å²) in [6, 6.07) is 8.91. The molecule has 3 rings (SSSR count). The summed E-state index contributed by atoms with van der Waals surface area (Å²) in [6.45, 7) is 4.11. The Kier molecular flexibility index (Phi) is 5.87. The average Bonchev–Trinajstić information content (AvgIpc) is 2.92. The Balaban J connectivity index is 1.91. The van der Waals surface area contributed by atoms with E-state index in [1.54, 1.807) is 36.7 Å². The second-order valence-electron chi connectivity index (χ2n) is 7.35. The van der Waals surface area contributed by atoms with Crippen LogP contribution in [0.15, 0.2) is 60.1 Å². The van der Waals surface area contributed by atoms with Crippen molar-refractivity contribution >= 4 is 11.7 Å². The van der Waals surface area contributed by atoms with Gasteiger partial charge in [-0.1, -0.05) is 32.0 Å². The summed E-state index contributed by atoms with van der Waals surface area (Å²) in [4.78, 5) is 31.1. The normalized spacial score (nSPS) is 16.9. The number of aliphatic hydroxyl groups is 1. The maximum atomic E-state index is 13.1. The quantitative estimate of drug-likeness (QED) is 0.791. The van der Waals surface area contributed by atoms with E-state index in [0.717, 1.165) is 5.56 Å². The maximum Gasteiger partial charge on any atom is 0.290 e.